The number of benzene rings is 1. The summed E-state index contributed by atoms with van der Waals surface area (Å²) in [6.45, 7) is 14.1. The number of aryl methyl sites for hydroxylation is 2. The molecule has 0 atom stereocenters. The first kappa shape index (κ1) is 25.9. The molecular weight excluding hydrogens is 336 g/mol. The SMILES string of the molecule is CCCCCCOCC(C)COCCCCCC.Cc1ccc(C)c(O)c1. The van der Waals surface area contributed by atoms with Crippen LogP contribution in [0.1, 0.15) is 83.3 Å². The second kappa shape index (κ2) is 18.3. The molecule has 0 radical (unpaired) electrons. The number of hydrogen-bond donors (Lipinski definition) is 1. The van der Waals surface area contributed by atoms with Crippen molar-refractivity contribution in [2.45, 2.75) is 86.0 Å². The molecule has 3 heteroatoms. The van der Waals surface area contributed by atoms with E-state index in [1.165, 1.54) is 51.4 Å². The van der Waals surface area contributed by atoms with E-state index in [0.717, 1.165) is 37.6 Å². The van der Waals surface area contributed by atoms with Gasteiger partial charge in [0.15, 0.2) is 0 Å². The lowest BCUT2D eigenvalue weighted by Gasteiger charge is -2.12. The third-order valence-electron chi connectivity index (χ3n) is 4.45. The van der Waals surface area contributed by atoms with Crippen LogP contribution < -0.4 is 0 Å². The third-order valence-corrected chi connectivity index (χ3v) is 4.45. The van der Waals surface area contributed by atoms with Gasteiger partial charge in [0.1, 0.15) is 5.75 Å². The molecule has 0 saturated carbocycles. The van der Waals surface area contributed by atoms with E-state index >= 15 is 0 Å². The van der Waals surface area contributed by atoms with Crippen LogP contribution in [0.5, 0.6) is 5.75 Å². The fourth-order valence-corrected chi connectivity index (χ4v) is 2.60. The number of hydrogen-bond acceptors (Lipinski definition) is 3. The van der Waals surface area contributed by atoms with Gasteiger partial charge in [-0.05, 0) is 43.9 Å². The van der Waals surface area contributed by atoms with E-state index in [1.807, 2.05) is 26.0 Å². The number of unbranched alkanes of at least 4 members (excludes halogenated alkanes) is 6. The van der Waals surface area contributed by atoms with Gasteiger partial charge in [-0.1, -0.05) is 71.4 Å². The van der Waals surface area contributed by atoms with E-state index in [2.05, 4.69) is 20.8 Å². The highest BCUT2D eigenvalue weighted by Gasteiger charge is 2.02. The predicted molar refractivity (Wildman–Crippen MR) is 117 cm³/mol. The highest BCUT2D eigenvalue weighted by Crippen LogP contribution is 2.16. The summed E-state index contributed by atoms with van der Waals surface area (Å²) in [7, 11) is 0. The van der Waals surface area contributed by atoms with Crippen molar-refractivity contribution in [1.82, 2.24) is 0 Å². The Hall–Kier alpha value is -1.06. The first-order chi connectivity index (χ1) is 13.0. The van der Waals surface area contributed by atoms with Crippen LogP contribution in [0.4, 0.5) is 0 Å². The molecule has 1 rings (SSSR count). The Morgan fingerprint density at radius 1 is 0.815 bits per heavy atom. The maximum absolute atomic E-state index is 9.10. The summed E-state index contributed by atoms with van der Waals surface area (Å²) in [5.74, 6) is 0.914. The van der Waals surface area contributed by atoms with Gasteiger partial charge in [0.05, 0.1) is 13.2 Å². The number of phenolic OH excluding ortho intramolecular Hbond substituents is 1. The molecular formula is C24H44O3. The van der Waals surface area contributed by atoms with Gasteiger partial charge in [0.25, 0.3) is 0 Å². The van der Waals surface area contributed by atoms with Gasteiger partial charge in [0.2, 0.25) is 0 Å². The number of rotatable bonds is 14. The topological polar surface area (TPSA) is 38.7 Å². The smallest absolute Gasteiger partial charge is 0.118 e. The van der Waals surface area contributed by atoms with Crippen LogP contribution in [0.15, 0.2) is 18.2 Å². The van der Waals surface area contributed by atoms with E-state index < -0.39 is 0 Å². The second-order valence-corrected chi connectivity index (χ2v) is 7.67. The molecule has 27 heavy (non-hydrogen) atoms. The maximum atomic E-state index is 9.10. The Labute approximate surface area is 168 Å². The lowest BCUT2D eigenvalue weighted by Crippen LogP contribution is -2.14. The average Bonchev–Trinajstić information content (AvgIpc) is 2.65. The molecule has 0 amide bonds. The summed E-state index contributed by atoms with van der Waals surface area (Å²) in [5, 5.41) is 9.10. The highest BCUT2D eigenvalue weighted by molar-refractivity contribution is 5.34. The molecule has 0 fully saturated rings. The van der Waals surface area contributed by atoms with Crippen molar-refractivity contribution < 1.29 is 14.6 Å². The van der Waals surface area contributed by atoms with Crippen LogP contribution in [0.3, 0.4) is 0 Å². The molecule has 0 aliphatic carbocycles. The van der Waals surface area contributed by atoms with Gasteiger partial charge in [-0.25, -0.2) is 0 Å². The molecule has 0 bridgehead atoms. The summed E-state index contributed by atoms with van der Waals surface area (Å²) in [6.07, 6.45) is 10.3. The van der Waals surface area contributed by atoms with Crippen LogP contribution in [-0.2, 0) is 9.47 Å². The molecule has 0 unspecified atom stereocenters. The Balaban J connectivity index is 0.000000621. The molecule has 0 saturated heterocycles. The zero-order valence-corrected chi connectivity index (χ0v) is 18.6. The van der Waals surface area contributed by atoms with Crippen LogP contribution in [0.25, 0.3) is 0 Å². The monoisotopic (exact) mass is 380 g/mol. The summed E-state index contributed by atoms with van der Waals surface area (Å²) in [5.41, 5.74) is 2.03. The minimum absolute atomic E-state index is 0.384. The Bertz CT molecular complexity index is 429. The van der Waals surface area contributed by atoms with Gasteiger partial charge in [-0.15, -0.1) is 0 Å². The largest absolute Gasteiger partial charge is 0.508 e. The van der Waals surface area contributed by atoms with Crippen molar-refractivity contribution in [2.75, 3.05) is 26.4 Å². The first-order valence-electron chi connectivity index (χ1n) is 10.9. The minimum atomic E-state index is 0.384. The van der Waals surface area contributed by atoms with E-state index in [4.69, 9.17) is 14.6 Å². The Morgan fingerprint density at radius 3 is 1.74 bits per heavy atom. The summed E-state index contributed by atoms with van der Waals surface area (Å²) < 4.78 is 11.3. The molecule has 1 aromatic rings. The Morgan fingerprint density at radius 2 is 1.33 bits per heavy atom. The Kier molecular flexibility index (Phi) is 17.6. The van der Waals surface area contributed by atoms with Crippen LogP contribution in [0.2, 0.25) is 0 Å². The molecule has 0 heterocycles. The minimum Gasteiger partial charge on any atom is -0.508 e. The molecule has 158 valence electrons. The molecule has 3 nitrogen and oxygen atoms in total. The summed E-state index contributed by atoms with van der Waals surface area (Å²) >= 11 is 0. The van der Waals surface area contributed by atoms with Crippen LogP contribution in [-0.4, -0.2) is 31.5 Å². The normalized spacial score (nSPS) is 10.7. The predicted octanol–water partition coefficient (Wildman–Crippen LogP) is 6.83. The quantitative estimate of drug-likeness (QED) is 0.360. The second-order valence-electron chi connectivity index (χ2n) is 7.67. The molecule has 1 N–H and O–H groups in total. The number of aromatic hydroxyl groups is 1. The summed E-state index contributed by atoms with van der Waals surface area (Å²) in [4.78, 5) is 0. The fraction of sp³-hybridized carbons (Fsp3) is 0.750. The van der Waals surface area contributed by atoms with Crippen molar-refractivity contribution in [3.05, 3.63) is 29.3 Å². The van der Waals surface area contributed by atoms with Crippen molar-refractivity contribution >= 4 is 0 Å². The van der Waals surface area contributed by atoms with Gasteiger partial charge in [-0.2, -0.15) is 0 Å². The molecule has 0 spiro atoms. The lowest BCUT2D eigenvalue weighted by atomic mass is 10.1. The molecule has 0 aromatic heterocycles. The third kappa shape index (κ3) is 16.8. The van der Waals surface area contributed by atoms with Crippen molar-refractivity contribution in [2.24, 2.45) is 5.92 Å². The zero-order valence-electron chi connectivity index (χ0n) is 18.6. The van der Waals surface area contributed by atoms with Gasteiger partial charge in [0, 0.05) is 19.1 Å². The van der Waals surface area contributed by atoms with E-state index in [-0.39, 0.29) is 0 Å². The number of phenols is 1. The standard InChI is InChI=1S/C16H34O2.C8H10O/c1-4-6-8-10-12-17-14-16(3)15-18-13-11-9-7-5-2;1-6-3-4-7(2)8(9)5-6/h16H,4-15H2,1-3H3;3-5,9H,1-2H3. The molecule has 0 aliphatic rings. The van der Waals surface area contributed by atoms with Gasteiger partial charge in [-0.3, -0.25) is 0 Å². The maximum Gasteiger partial charge on any atom is 0.118 e. The highest BCUT2D eigenvalue weighted by atomic mass is 16.5. The van der Waals surface area contributed by atoms with E-state index in [0.29, 0.717) is 11.7 Å². The van der Waals surface area contributed by atoms with Crippen molar-refractivity contribution in [3.63, 3.8) is 0 Å². The average molecular weight is 381 g/mol. The molecule has 1 aromatic carbocycles. The van der Waals surface area contributed by atoms with Crippen LogP contribution >= 0.6 is 0 Å². The lowest BCUT2D eigenvalue weighted by molar-refractivity contribution is 0.0434. The number of ether oxygens (including phenoxy) is 2. The zero-order chi connectivity index (χ0) is 20.3. The molecule has 0 aliphatic heterocycles. The van der Waals surface area contributed by atoms with Gasteiger partial charge >= 0.3 is 0 Å². The van der Waals surface area contributed by atoms with E-state index in [1.54, 1.807) is 6.07 Å². The first-order valence-corrected chi connectivity index (χ1v) is 10.9. The van der Waals surface area contributed by atoms with Gasteiger partial charge < -0.3 is 14.6 Å². The van der Waals surface area contributed by atoms with Crippen molar-refractivity contribution in [3.8, 4) is 5.75 Å². The van der Waals surface area contributed by atoms with Crippen molar-refractivity contribution in [1.29, 1.82) is 0 Å². The van der Waals surface area contributed by atoms with E-state index in [9.17, 15) is 0 Å². The summed E-state index contributed by atoms with van der Waals surface area (Å²) in [6, 6.07) is 5.65. The van der Waals surface area contributed by atoms with Crippen LogP contribution in [0, 0.1) is 19.8 Å². The fourth-order valence-electron chi connectivity index (χ4n) is 2.60.